The number of hydrogen-bond donors (Lipinski definition) is 1. The van der Waals surface area contributed by atoms with Crippen LogP contribution in [0.1, 0.15) is 0 Å². The summed E-state index contributed by atoms with van der Waals surface area (Å²) in [6.07, 6.45) is 0. The monoisotopic (exact) mass is 319 g/mol. The number of aromatic amines is 1. The smallest absolute Gasteiger partial charge is 0.716 e. The minimum absolute atomic E-state index is 0. The molecule has 3 aromatic rings. The van der Waals surface area contributed by atoms with Gasteiger partial charge in [-0.05, 0) is 12.1 Å². The van der Waals surface area contributed by atoms with Crippen LogP contribution in [0.3, 0.4) is 0 Å². The number of H-pyrrole nitrogens is 1. The summed E-state index contributed by atoms with van der Waals surface area (Å²) in [4.78, 5) is 11.4. The molecule has 0 saturated carbocycles. The second kappa shape index (κ2) is 5.80. The zero-order chi connectivity index (χ0) is 13.5. The first kappa shape index (κ1) is 15.4. The number of benzene rings is 1. The molecule has 0 fully saturated rings. The fraction of sp³-hybridized carbons (Fsp3) is 0. The quantitative estimate of drug-likeness (QED) is 0.359. The molecule has 0 spiro atoms. The largest absolute Gasteiger partial charge is 1.00 e. The maximum Gasteiger partial charge on any atom is 1.00 e. The van der Waals surface area contributed by atoms with E-state index in [1.807, 2.05) is 5.38 Å². The van der Waals surface area contributed by atoms with Gasteiger partial charge in [0.2, 0.25) is 0 Å². The summed E-state index contributed by atoms with van der Waals surface area (Å²) in [6, 6.07) is 4.32. The Morgan fingerprint density at radius 2 is 2.15 bits per heavy atom. The zero-order valence-corrected chi connectivity index (χ0v) is 13.9. The van der Waals surface area contributed by atoms with Crippen molar-refractivity contribution in [2.75, 3.05) is 0 Å². The predicted molar refractivity (Wildman–Crippen MR) is 67.5 cm³/mol. The van der Waals surface area contributed by atoms with Gasteiger partial charge >= 0.3 is 29.6 Å². The average molecular weight is 319 g/mol. The zero-order valence-electron chi connectivity index (χ0n) is 10.2. The second-order valence-electron chi connectivity index (χ2n) is 3.63. The van der Waals surface area contributed by atoms with Crippen LogP contribution in [0.25, 0.3) is 22.6 Å². The molecule has 0 radical (unpaired) electrons. The summed E-state index contributed by atoms with van der Waals surface area (Å²) in [6.45, 7) is 0. The van der Waals surface area contributed by atoms with E-state index in [0.29, 0.717) is 22.6 Å². The number of fused-ring (bicyclic) bond motifs is 1. The first-order valence-electron chi connectivity index (χ1n) is 5.05. The standard InChI is InChI=1S/C10H7N3O4S2.Na/c14-19(15,16)17-6-1-2-7-8(3-6)13-10(12-7)9-4-18-5-11-9;/h1-5H,(H,12,13)(H,14,15,16);/q;+1/p-1. The van der Waals surface area contributed by atoms with Gasteiger partial charge in [-0.15, -0.1) is 11.3 Å². The van der Waals surface area contributed by atoms with Crippen LogP contribution in [0.5, 0.6) is 5.75 Å². The number of aromatic nitrogens is 3. The molecule has 7 nitrogen and oxygen atoms in total. The molecule has 1 aromatic carbocycles. The Bertz CT molecular complexity index is 829. The normalized spacial score (nSPS) is 11.2. The Kier molecular flexibility index (Phi) is 4.47. The first-order valence-corrected chi connectivity index (χ1v) is 7.32. The van der Waals surface area contributed by atoms with Crippen LogP contribution in [0.15, 0.2) is 29.1 Å². The van der Waals surface area contributed by atoms with E-state index in [9.17, 15) is 13.0 Å². The Balaban J connectivity index is 0.00000147. The first-order chi connectivity index (χ1) is 9.01. The summed E-state index contributed by atoms with van der Waals surface area (Å²) < 4.78 is 35.8. The van der Waals surface area contributed by atoms with Gasteiger partial charge in [-0.2, -0.15) is 0 Å². The third-order valence-electron chi connectivity index (χ3n) is 2.33. The topological polar surface area (TPSA) is 108 Å². The molecule has 0 unspecified atom stereocenters. The van der Waals surface area contributed by atoms with E-state index in [1.54, 1.807) is 11.6 Å². The Labute approximate surface area is 140 Å². The molecule has 1 N–H and O–H groups in total. The van der Waals surface area contributed by atoms with E-state index in [4.69, 9.17) is 0 Å². The van der Waals surface area contributed by atoms with Crippen LogP contribution < -0.4 is 33.7 Å². The minimum Gasteiger partial charge on any atom is -0.716 e. The number of thiazole rings is 1. The van der Waals surface area contributed by atoms with E-state index in [1.165, 1.54) is 23.5 Å². The molecule has 2 heterocycles. The third kappa shape index (κ3) is 3.37. The molecule has 0 saturated heterocycles. The SMILES string of the molecule is O=S(=O)([O-])Oc1ccc2nc(-c3cscn3)[nH]c2c1.[Na+]. The van der Waals surface area contributed by atoms with Crippen molar-refractivity contribution in [2.24, 2.45) is 0 Å². The predicted octanol–water partition coefficient (Wildman–Crippen LogP) is -1.47. The third-order valence-corrected chi connectivity index (χ3v) is 3.31. The van der Waals surface area contributed by atoms with E-state index in [0.717, 1.165) is 0 Å². The molecular formula is C10H6N3NaO4S2. The van der Waals surface area contributed by atoms with Gasteiger partial charge in [0.15, 0.2) is 5.82 Å². The molecule has 10 heteroatoms. The maximum absolute atomic E-state index is 10.5. The van der Waals surface area contributed by atoms with Crippen molar-refractivity contribution in [3.05, 3.63) is 29.1 Å². The molecule has 0 aliphatic carbocycles. The van der Waals surface area contributed by atoms with Crippen LogP contribution in [0.4, 0.5) is 0 Å². The summed E-state index contributed by atoms with van der Waals surface area (Å²) in [5.74, 6) is 0.509. The molecule has 0 atom stereocenters. The summed E-state index contributed by atoms with van der Waals surface area (Å²) >= 11 is 1.44. The van der Waals surface area contributed by atoms with Crippen LogP contribution in [0, 0.1) is 0 Å². The van der Waals surface area contributed by atoms with Gasteiger partial charge in [-0.25, -0.2) is 18.4 Å². The Hall–Kier alpha value is -0.970. The van der Waals surface area contributed by atoms with Crippen molar-refractivity contribution in [3.63, 3.8) is 0 Å². The Morgan fingerprint density at radius 3 is 2.80 bits per heavy atom. The van der Waals surface area contributed by atoms with Crippen molar-refractivity contribution in [1.29, 1.82) is 0 Å². The second-order valence-corrected chi connectivity index (χ2v) is 5.33. The van der Waals surface area contributed by atoms with E-state index in [-0.39, 0.29) is 35.3 Å². The average Bonchev–Trinajstić information content (AvgIpc) is 2.94. The van der Waals surface area contributed by atoms with Crippen LogP contribution in [-0.2, 0) is 10.4 Å². The van der Waals surface area contributed by atoms with Crippen molar-refractivity contribution >= 4 is 32.8 Å². The fourth-order valence-corrected chi connectivity index (χ4v) is 2.49. The van der Waals surface area contributed by atoms with E-state index >= 15 is 0 Å². The van der Waals surface area contributed by atoms with Gasteiger partial charge in [-0.1, -0.05) is 0 Å². The van der Waals surface area contributed by atoms with Crippen LogP contribution in [0.2, 0.25) is 0 Å². The van der Waals surface area contributed by atoms with Crippen LogP contribution in [-0.4, -0.2) is 27.9 Å². The van der Waals surface area contributed by atoms with E-state index < -0.39 is 10.4 Å². The summed E-state index contributed by atoms with van der Waals surface area (Å²) in [5.41, 5.74) is 3.56. The Morgan fingerprint density at radius 1 is 1.35 bits per heavy atom. The van der Waals surface area contributed by atoms with Gasteiger partial charge in [0.1, 0.15) is 11.4 Å². The number of hydrogen-bond acceptors (Lipinski definition) is 7. The molecule has 0 aliphatic rings. The van der Waals surface area contributed by atoms with Gasteiger partial charge in [-0.3, -0.25) is 0 Å². The number of nitrogens with zero attached hydrogens (tertiary/aromatic N) is 2. The molecule has 20 heavy (non-hydrogen) atoms. The number of imidazole rings is 1. The molecule has 98 valence electrons. The van der Waals surface area contributed by atoms with Crippen molar-refractivity contribution in [3.8, 4) is 17.3 Å². The van der Waals surface area contributed by atoms with E-state index in [2.05, 4.69) is 19.1 Å². The van der Waals surface area contributed by atoms with Crippen LogP contribution >= 0.6 is 11.3 Å². The summed E-state index contributed by atoms with van der Waals surface area (Å²) in [5, 5.41) is 1.83. The fourth-order valence-electron chi connectivity index (χ4n) is 1.61. The number of nitrogens with one attached hydrogen (secondary N) is 1. The molecule has 3 rings (SSSR count). The summed E-state index contributed by atoms with van der Waals surface area (Å²) in [7, 11) is -4.78. The van der Waals surface area contributed by atoms with Gasteiger partial charge in [0, 0.05) is 11.4 Å². The molecule has 0 bridgehead atoms. The number of rotatable bonds is 3. The van der Waals surface area contributed by atoms with Crippen molar-refractivity contribution in [2.45, 2.75) is 0 Å². The molecular weight excluding hydrogens is 313 g/mol. The van der Waals surface area contributed by atoms with Gasteiger partial charge < -0.3 is 13.7 Å². The van der Waals surface area contributed by atoms with Crippen molar-refractivity contribution < 1.29 is 46.7 Å². The van der Waals surface area contributed by atoms with Crippen molar-refractivity contribution in [1.82, 2.24) is 15.0 Å². The molecule has 0 amide bonds. The van der Waals surface area contributed by atoms with Gasteiger partial charge in [0.05, 0.1) is 16.5 Å². The maximum atomic E-state index is 10.5. The molecule has 0 aliphatic heterocycles. The molecule has 2 aromatic heterocycles. The minimum atomic E-state index is -4.78. The van der Waals surface area contributed by atoms with Gasteiger partial charge in [0.25, 0.3) is 10.4 Å².